The summed E-state index contributed by atoms with van der Waals surface area (Å²) in [5, 5.41) is 0. The molecule has 22 heavy (non-hydrogen) atoms. The van der Waals surface area contributed by atoms with Gasteiger partial charge in [0.05, 0.1) is 35.2 Å². The minimum Gasteiger partial charge on any atom is -0.399 e. The van der Waals surface area contributed by atoms with Gasteiger partial charge < -0.3 is 18.6 Å². The van der Waals surface area contributed by atoms with Gasteiger partial charge in [0.15, 0.2) is 0 Å². The van der Waals surface area contributed by atoms with E-state index in [9.17, 15) is 0 Å². The van der Waals surface area contributed by atoms with Crippen LogP contribution >= 0.6 is 0 Å². The predicted molar refractivity (Wildman–Crippen MR) is 87.3 cm³/mol. The van der Waals surface area contributed by atoms with E-state index in [1.165, 1.54) is 0 Å². The molecule has 118 valence electrons. The molecule has 1 aliphatic rings. The topological polar surface area (TPSA) is 45.5 Å². The second-order valence-corrected chi connectivity index (χ2v) is 6.77. The maximum absolute atomic E-state index is 6.09. The van der Waals surface area contributed by atoms with Crippen LogP contribution in [-0.2, 0) is 20.6 Å². The Labute approximate surface area is 131 Å². The van der Waals surface area contributed by atoms with Crippen molar-refractivity contribution in [1.82, 2.24) is 9.55 Å². The Kier molecular flexibility index (Phi) is 3.79. The lowest BCUT2D eigenvalue weighted by Gasteiger charge is -2.32. The highest BCUT2D eigenvalue weighted by Gasteiger charge is 2.51. The molecule has 1 saturated heterocycles. The first-order valence-corrected chi connectivity index (χ1v) is 7.63. The van der Waals surface area contributed by atoms with Crippen LogP contribution in [0.5, 0.6) is 0 Å². The summed E-state index contributed by atoms with van der Waals surface area (Å²) < 4.78 is 19.4. The second-order valence-electron chi connectivity index (χ2n) is 6.77. The summed E-state index contributed by atoms with van der Waals surface area (Å²) >= 11 is 0. The van der Waals surface area contributed by atoms with Gasteiger partial charge in [0, 0.05) is 13.7 Å². The van der Waals surface area contributed by atoms with Gasteiger partial charge in [-0.05, 0) is 45.3 Å². The maximum atomic E-state index is 6.09. The summed E-state index contributed by atoms with van der Waals surface area (Å²) in [6, 6.07) is 6.16. The van der Waals surface area contributed by atoms with Crippen LogP contribution < -0.4 is 5.46 Å². The second kappa shape index (κ2) is 5.37. The van der Waals surface area contributed by atoms with Gasteiger partial charge in [0.25, 0.3) is 0 Å². The number of hydrogen-bond donors (Lipinski definition) is 0. The summed E-state index contributed by atoms with van der Waals surface area (Å²) in [6.07, 6.45) is 1.84. The molecular weight excluding hydrogens is 279 g/mol. The van der Waals surface area contributed by atoms with Crippen LogP contribution in [0.4, 0.5) is 0 Å². The molecule has 3 rings (SSSR count). The van der Waals surface area contributed by atoms with E-state index < -0.39 is 0 Å². The number of hydrogen-bond acceptors (Lipinski definition) is 4. The normalized spacial score (nSPS) is 20.0. The lowest BCUT2D eigenvalue weighted by Crippen LogP contribution is -2.41. The van der Waals surface area contributed by atoms with E-state index in [1.807, 2.05) is 12.4 Å². The van der Waals surface area contributed by atoms with Crippen molar-refractivity contribution >= 4 is 23.6 Å². The summed E-state index contributed by atoms with van der Waals surface area (Å²) in [5.74, 6) is 0. The summed E-state index contributed by atoms with van der Waals surface area (Å²) in [7, 11) is 1.36. The Morgan fingerprint density at radius 2 is 1.86 bits per heavy atom. The molecule has 0 amide bonds. The van der Waals surface area contributed by atoms with Gasteiger partial charge in [-0.2, -0.15) is 0 Å². The van der Waals surface area contributed by atoms with Gasteiger partial charge in [0.1, 0.15) is 0 Å². The lowest BCUT2D eigenvalue weighted by molar-refractivity contribution is 0.00578. The first-order chi connectivity index (χ1) is 10.3. The van der Waals surface area contributed by atoms with Gasteiger partial charge in [-0.25, -0.2) is 4.98 Å². The third-order valence-corrected chi connectivity index (χ3v) is 4.71. The molecule has 5 nitrogen and oxygen atoms in total. The Balaban J connectivity index is 1.88. The Morgan fingerprint density at radius 1 is 1.18 bits per heavy atom. The Bertz CT molecular complexity index is 665. The van der Waals surface area contributed by atoms with Gasteiger partial charge in [0.2, 0.25) is 0 Å². The first kappa shape index (κ1) is 15.5. The fraction of sp³-hybridized carbons (Fsp3) is 0.562. The molecule has 0 N–H and O–H groups in total. The van der Waals surface area contributed by atoms with Crippen LogP contribution in [0, 0.1) is 0 Å². The van der Waals surface area contributed by atoms with Crippen LogP contribution in [-0.4, -0.2) is 41.6 Å². The van der Waals surface area contributed by atoms with Crippen LogP contribution in [0.3, 0.4) is 0 Å². The number of fused-ring (bicyclic) bond motifs is 1. The number of benzene rings is 1. The zero-order chi connectivity index (χ0) is 16.0. The molecule has 0 radical (unpaired) electrons. The molecule has 6 heteroatoms. The smallest absolute Gasteiger partial charge is 0.399 e. The molecule has 1 aromatic heterocycles. The van der Waals surface area contributed by atoms with E-state index in [0.29, 0.717) is 6.61 Å². The summed E-state index contributed by atoms with van der Waals surface area (Å²) in [6.45, 7) is 9.71. The standard InChI is InChI=1S/C16H23BN2O3/c1-15(2)16(3,4)22-17(21-15)12-6-7-14-13(10-12)18-11-19(14)8-9-20-5/h6-7,10-11H,8-9H2,1-5H3. The number of ether oxygens (including phenoxy) is 1. The monoisotopic (exact) mass is 302 g/mol. The number of aromatic nitrogens is 2. The highest BCUT2D eigenvalue weighted by Crippen LogP contribution is 2.36. The van der Waals surface area contributed by atoms with Crippen molar-refractivity contribution in [3.05, 3.63) is 24.5 Å². The largest absolute Gasteiger partial charge is 0.494 e. The zero-order valence-corrected chi connectivity index (χ0v) is 13.9. The highest BCUT2D eigenvalue weighted by molar-refractivity contribution is 6.62. The van der Waals surface area contributed by atoms with Gasteiger partial charge in [-0.3, -0.25) is 0 Å². The van der Waals surface area contributed by atoms with E-state index in [1.54, 1.807) is 7.11 Å². The van der Waals surface area contributed by atoms with Crippen molar-refractivity contribution in [3.63, 3.8) is 0 Å². The van der Waals surface area contributed by atoms with Crippen LogP contribution in [0.15, 0.2) is 24.5 Å². The number of rotatable bonds is 4. The summed E-state index contributed by atoms with van der Waals surface area (Å²) in [4.78, 5) is 4.47. The molecular formula is C16H23BN2O3. The summed E-state index contributed by atoms with van der Waals surface area (Å²) in [5.41, 5.74) is 2.39. The molecule has 2 heterocycles. The average molecular weight is 302 g/mol. The van der Waals surface area contributed by atoms with E-state index in [0.717, 1.165) is 23.0 Å². The molecule has 0 saturated carbocycles. The van der Waals surface area contributed by atoms with Gasteiger partial charge >= 0.3 is 7.12 Å². The molecule has 0 unspecified atom stereocenters. The van der Waals surface area contributed by atoms with E-state index >= 15 is 0 Å². The fourth-order valence-corrected chi connectivity index (χ4v) is 2.57. The van der Waals surface area contributed by atoms with Crippen molar-refractivity contribution in [1.29, 1.82) is 0 Å². The Morgan fingerprint density at radius 3 is 2.50 bits per heavy atom. The SMILES string of the molecule is COCCn1cnc2cc(B3OC(C)(C)C(C)(C)O3)ccc21. The van der Waals surface area contributed by atoms with E-state index in [2.05, 4.69) is 49.4 Å². The molecule has 0 aliphatic carbocycles. The zero-order valence-electron chi connectivity index (χ0n) is 13.9. The predicted octanol–water partition coefficient (Wildman–Crippen LogP) is 1.98. The van der Waals surface area contributed by atoms with Crippen LogP contribution in [0.25, 0.3) is 11.0 Å². The molecule has 0 spiro atoms. The molecule has 0 bridgehead atoms. The van der Waals surface area contributed by atoms with Crippen molar-refractivity contribution in [2.75, 3.05) is 13.7 Å². The molecule has 2 aromatic rings. The van der Waals surface area contributed by atoms with E-state index in [4.69, 9.17) is 14.0 Å². The number of imidazole rings is 1. The van der Waals surface area contributed by atoms with Crippen LogP contribution in [0.2, 0.25) is 0 Å². The molecule has 1 fully saturated rings. The van der Waals surface area contributed by atoms with Gasteiger partial charge in [-0.15, -0.1) is 0 Å². The molecule has 0 atom stereocenters. The van der Waals surface area contributed by atoms with Crippen molar-refractivity contribution in [2.24, 2.45) is 0 Å². The van der Waals surface area contributed by atoms with Crippen molar-refractivity contribution < 1.29 is 14.0 Å². The number of methoxy groups -OCH3 is 1. The molecule has 1 aliphatic heterocycles. The highest BCUT2D eigenvalue weighted by atomic mass is 16.7. The average Bonchev–Trinajstić information content (AvgIpc) is 2.94. The number of nitrogens with zero attached hydrogens (tertiary/aromatic N) is 2. The lowest BCUT2D eigenvalue weighted by atomic mass is 9.79. The Hall–Kier alpha value is -1.37. The fourth-order valence-electron chi connectivity index (χ4n) is 2.57. The van der Waals surface area contributed by atoms with Crippen molar-refractivity contribution in [3.8, 4) is 0 Å². The van der Waals surface area contributed by atoms with Crippen molar-refractivity contribution in [2.45, 2.75) is 45.4 Å². The third-order valence-electron chi connectivity index (χ3n) is 4.71. The quantitative estimate of drug-likeness (QED) is 0.810. The minimum atomic E-state index is -0.349. The third kappa shape index (κ3) is 2.55. The van der Waals surface area contributed by atoms with Crippen LogP contribution in [0.1, 0.15) is 27.7 Å². The first-order valence-electron chi connectivity index (χ1n) is 7.63. The minimum absolute atomic E-state index is 0.329. The maximum Gasteiger partial charge on any atom is 0.494 e. The van der Waals surface area contributed by atoms with Gasteiger partial charge in [-0.1, -0.05) is 6.07 Å². The molecule has 1 aromatic carbocycles. The van der Waals surface area contributed by atoms with E-state index in [-0.39, 0.29) is 18.3 Å².